The second kappa shape index (κ2) is 7.95. The van der Waals surface area contributed by atoms with Gasteiger partial charge in [0.05, 0.1) is 0 Å². The molecule has 1 heterocycles. The van der Waals surface area contributed by atoms with Crippen molar-refractivity contribution in [1.82, 2.24) is 9.97 Å². The number of benzene rings is 2. The summed E-state index contributed by atoms with van der Waals surface area (Å²) in [5.74, 6) is 0.984. The third kappa shape index (κ3) is 4.36. The van der Waals surface area contributed by atoms with Crippen molar-refractivity contribution in [3.8, 4) is 0 Å². The molecular formula is C21H23FN4. The minimum atomic E-state index is -0.254. The Morgan fingerprint density at radius 2 is 1.65 bits per heavy atom. The van der Waals surface area contributed by atoms with E-state index in [0.29, 0.717) is 5.95 Å². The van der Waals surface area contributed by atoms with Crippen LogP contribution in [0.15, 0.2) is 48.5 Å². The first-order valence-corrected chi connectivity index (χ1v) is 8.79. The predicted octanol–water partition coefficient (Wildman–Crippen LogP) is 5.67. The molecular weight excluding hydrogens is 327 g/mol. The summed E-state index contributed by atoms with van der Waals surface area (Å²) in [7, 11) is 0. The topological polar surface area (TPSA) is 49.8 Å². The van der Waals surface area contributed by atoms with E-state index in [1.54, 1.807) is 6.07 Å². The maximum Gasteiger partial charge on any atom is 0.229 e. The normalized spacial score (nSPS) is 10.6. The van der Waals surface area contributed by atoms with Crippen LogP contribution in [0.3, 0.4) is 0 Å². The molecule has 0 amide bonds. The molecule has 0 aliphatic heterocycles. The summed E-state index contributed by atoms with van der Waals surface area (Å²) in [6.45, 7) is 6.03. The predicted molar refractivity (Wildman–Crippen MR) is 105 cm³/mol. The van der Waals surface area contributed by atoms with Crippen LogP contribution in [0, 0.1) is 19.7 Å². The monoisotopic (exact) mass is 350 g/mol. The Labute approximate surface area is 153 Å². The van der Waals surface area contributed by atoms with Gasteiger partial charge in [0.15, 0.2) is 0 Å². The van der Waals surface area contributed by atoms with Crippen molar-refractivity contribution in [2.24, 2.45) is 0 Å². The Bertz CT molecular complexity index is 908. The molecule has 0 fully saturated rings. The van der Waals surface area contributed by atoms with Gasteiger partial charge < -0.3 is 10.6 Å². The zero-order chi connectivity index (χ0) is 18.5. The van der Waals surface area contributed by atoms with Crippen molar-refractivity contribution in [1.29, 1.82) is 0 Å². The van der Waals surface area contributed by atoms with Gasteiger partial charge in [0.2, 0.25) is 5.95 Å². The van der Waals surface area contributed by atoms with E-state index < -0.39 is 0 Å². The number of aryl methyl sites for hydroxylation is 3. The summed E-state index contributed by atoms with van der Waals surface area (Å²) in [5.41, 5.74) is 4.72. The van der Waals surface area contributed by atoms with E-state index in [2.05, 4.69) is 40.5 Å². The number of halogens is 1. The fourth-order valence-electron chi connectivity index (χ4n) is 2.74. The molecule has 0 aliphatic carbocycles. The Kier molecular flexibility index (Phi) is 5.46. The van der Waals surface area contributed by atoms with Gasteiger partial charge in [-0.3, -0.25) is 0 Å². The lowest BCUT2D eigenvalue weighted by Crippen LogP contribution is -2.05. The SMILES string of the molecule is CCCc1cc(Nc2ccccc2C)nc(Nc2ccc(F)cc2C)n1. The molecule has 26 heavy (non-hydrogen) atoms. The number of nitrogens with zero attached hydrogens (tertiary/aromatic N) is 2. The van der Waals surface area contributed by atoms with Crippen LogP contribution in [0.25, 0.3) is 0 Å². The molecule has 5 heteroatoms. The Balaban J connectivity index is 1.92. The first-order valence-electron chi connectivity index (χ1n) is 8.79. The first-order chi connectivity index (χ1) is 12.5. The van der Waals surface area contributed by atoms with Crippen molar-refractivity contribution in [3.63, 3.8) is 0 Å². The standard InChI is InChI=1S/C21H23FN4/c1-4-7-17-13-20(24-18-9-6-5-8-14(18)2)26-21(23-17)25-19-11-10-16(22)12-15(19)3/h5-6,8-13H,4,7H2,1-3H3,(H2,23,24,25,26). The molecule has 0 spiro atoms. The van der Waals surface area contributed by atoms with Crippen LogP contribution in [0.1, 0.15) is 30.2 Å². The summed E-state index contributed by atoms with van der Waals surface area (Å²) < 4.78 is 13.3. The van der Waals surface area contributed by atoms with Gasteiger partial charge in [-0.25, -0.2) is 9.37 Å². The molecule has 3 aromatic rings. The average Bonchev–Trinajstić information content (AvgIpc) is 2.60. The lowest BCUT2D eigenvalue weighted by Gasteiger charge is -2.13. The van der Waals surface area contributed by atoms with E-state index in [9.17, 15) is 4.39 Å². The Morgan fingerprint density at radius 3 is 2.38 bits per heavy atom. The minimum Gasteiger partial charge on any atom is -0.340 e. The molecule has 0 bridgehead atoms. The highest BCUT2D eigenvalue weighted by atomic mass is 19.1. The number of anilines is 4. The molecule has 3 rings (SSSR count). The van der Waals surface area contributed by atoms with Gasteiger partial charge in [-0.15, -0.1) is 0 Å². The van der Waals surface area contributed by atoms with Gasteiger partial charge in [0.1, 0.15) is 11.6 Å². The lowest BCUT2D eigenvalue weighted by atomic mass is 10.2. The number of hydrogen-bond donors (Lipinski definition) is 2. The highest BCUT2D eigenvalue weighted by Gasteiger charge is 2.08. The third-order valence-electron chi connectivity index (χ3n) is 4.13. The molecule has 4 nitrogen and oxygen atoms in total. The molecule has 0 aliphatic rings. The smallest absolute Gasteiger partial charge is 0.229 e. The van der Waals surface area contributed by atoms with Gasteiger partial charge in [-0.2, -0.15) is 4.98 Å². The number of hydrogen-bond acceptors (Lipinski definition) is 4. The van der Waals surface area contributed by atoms with Gasteiger partial charge in [0.25, 0.3) is 0 Å². The zero-order valence-electron chi connectivity index (χ0n) is 15.3. The number of rotatable bonds is 6. The largest absolute Gasteiger partial charge is 0.340 e. The molecule has 2 aromatic carbocycles. The molecule has 0 unspecified atom stereocenters. The fourth-order valence-corrected chi connectivity index (χ4v) is 2.74. The second-order valence-electron chi connectivity index (χ2n) is 6.34. The summed E-state index contributed by atoms with van der Waals surface area (Å²) in [5, 5.41) is 6.58. The van der Waals surface area contributed by atoms with E-state index in [0.717, 1.165) is 46.9 Å². The first kappa shape index (κ1) is 17.9. The van der Waals surface area contributed by atoms with Gasteiger partial charge in [-0.1, -0.05) is 31.5 Å². The highest BCUT2D eigenvalue weighted by molar-refractivity contribution is 5.63. The lowest BCUT2D eigenvalue weighted by molar-refractivity contribution is 0.627. The molecule has 0 saturated heterocycles. The van der Waals surface area contributed by atoms with Crippen LogP contribution in [-0.2, 0) is 6.42 Å². The summed E-state index contributed by atoms with van der Waals surface area (Å²) in [6.07, 6.45) is 1.86. The minimum absolute atomic E-state index is 0.254. The summed E-state index contributed by atoms with van der Waals surface area (Å²) in [4.78, 5) is 9.17. The number of aromatic nitrogens is 2. The van der Waals surface area contributed by atoms with Crippen molar-refractivity contribution < 1.29 is 4.39 Å². The second-order valence-corrected chi connectivity index (χ2v) is 6.34. The van der Waals surface area contributed by atoms with Crippen molar-refractivity contribution in [2.45, 2.75) is 33.6 Å². The fraction of sp³-hybridized carbons (Fsp3) is 0.238. The third-order valence-corrected chi connectivity index (χ3v) is 4.13. The van der Waals surface area contributed by atoms with Crippen LogP contribution in [0.5, 0.6) is 0 Å². The Morgan fingerprint density at radius 1 is 0.885 bits per heavy atom. The number of para-hydroxylation sites is 1. The molecule has 2 N–H and O–H groups in total. The van der Waals surface area contributed by atoms with E-state index >= 15 is 0 Å². The van der Waals surface area contributed by atoms with E-state index in [1.807, 2.05) is 31.2 Å². The van der Waals surface area contributed by atoms with Gasteiger partial charge >= 0.3 is 0 Å². The van der Waals surface area contributed by atoms with Gasteiger partial charge in [0, 0.05) is 23.1 Å². The quantitative estimate of drug-likeness (QED) is 0.601. The van der Waals surface area contributed by atoms with Crippen molar-refractivity contribution in [3.05, 3.63) is 71.2 Å². The zero-order valence-corrected chi connectivity index (χ0v) is 15.3. The summed E-state index contributed by atoms with van der Waals surface area (Å²) >= 11 is 0. The van der Waals surface area contributed by atoms with Crippen molar-refractivity contribution >= 4 is 23.1 Å². The average molecular weight is 350 g/mol. The van der Waals surface area contributed by atoms with Crippen LogP contribution in [0.4, 0.5) is 27.5 Å². The van der Waals surface area contributed by atoms with Crippen LogP contribution >= 0.6 is 0 Å². The van der Waals surface area contributed by atoms with Crippen LogP contribution in [-0.4, -0.2) is 9.97 Å². The highest BCUT2D eigenvalue weighted by Crippen LogP contribution is 2.23. The molecule has 0 radical (unpaired) electrons. The molecule has 1 aromatic heterocycles. The summed E-state index contributed by atoms with van der Waals surface area (Å²) in [6, 6.07) is 14.7. The van der Waals surface area contributed by atoms with E-state index in [4.69, 9.17) is 0 Å². The van der Waals surface area contributed by atoms with Gasteiger partial charge in [-0.05, 0) is 55.7 Å². The Hall–Kier alpha value is -2.95. The van der Waals surface area contributed by atoms with Crippen LogP contribution in [0.2, 0.25) is 0 Å². The number of nitrogens with one attached hydrogen (secondary N) is 2. The van der Waals surface area contributed by atoms with Crippen LogP contribution < -0.4 is 10.6 Å². The molecule has 0 saturated carbocycles. The van der Waals surface area contributed by atoms with E-state index in [-0.39, 0.29) is 5.82 Å². The maximum atomic E-state index is 13.3. The van der Waals surface area contributed by atoms with Crippen molar-refractivity contribution in [2.75, 3.05) is 10.6 Å². The molecule has 134 valence electrons. The maximum absolute atomic E-state index is 13.3. The molecule has 0 atom stereocenters. The van der Waals surface area contributed by atoms with E-state index in [1.165, 1.54) is 12.1 Å².